The molecule has 1 amide bonds. The van der Waals surface area contributed by atoms with Gasteiger partial charge >= 0.3 is 0 Å². The highest BCUT2D eigenvalue weighted by Crippen LogP contribution is 2.22. The Bertz CT molecular complexity index is 776. The molecule has 0 aliphatic heterocycles. The van der Waals surface area contributed by atoms with Gasteiger partial charge in [0.2, 0.25) is 11.8 Å². The number of nitrogens with one attached hydrogen (secondary N) is 1. The topological polar surface area (TPSA) is 68.3 Å². The molecule has 0 unspecified atom stereocenters. The molecule has 0 saturated heterocycles. The third kappa shape index (κ3) is 3.51. The number of nitrogens with zero attached hydrogens (tertiary/aromatic N) is 1. The minimum absolute atomic E-state index is 0.120. The summed E-state index contributed by atoms with van der Waals surface area (Å²) in [6.07, 6.45) is 1.76. The predicted octanol–water partition coefficient (Wildman–Crippen LogP) is 3.66. The van der Waals surface area contributed by atoms with Crippen molar-refractivity contribution in [2.45, 2.75) is 26.3 Å². The lowest BCUT2D eigenvalue weighted by Gasteiger charge is -2.10. The summed E-state index contributed by atoms with van der Waals surface area (Å²) in [7, 11) is 0. The SMILES string of the molecule is Cc1oc(-c2ccccc2)nc1CC(=O)N[C@H](C)c1ccco1. The summed E-state index contributed by atoms with van der Waals surface area (Å²) in [5, 5.41) is 2.89. The van der Waals surface area contributed by atoms with E-state index in [4.69, 9.17) is 8.83 Å². The van der Waals surface area contributed by atoms with Crippen LogP contribution >= 0.6 is 0 Å². The second kappa shape index (κ2) is 6.52. The predicted molar refractivity (Wildman–Crippen MR) is 85.6 cm³/mol. The van der Waals surface area contributed by atoms with Crippen LogP contribution in [0, 0.1) is 6.92 Å². The minimum Gasteiger partial charge on any atom is -0.467 e. The fourth-order valence-electron chi connectivity index (χ4n) is 2.35. The maximum atomic E-state index is 12.2. The van der Waals surface area contributed by atoms with Crippen LogP contribution in [0.3, 0.4) is 0 Å². The van der Waals surface area contributed by atoms with E-state index < -0.39 is 0 Å². The van der Waals surface area contributed by atoms with E-state index in [-0.39, 0.29) is 18.4 Å². The molecule has 1 aromatic carbocycles. The monoisotopic (exact) mass is 310 g/mol. The van der Waals surface area contributed by atoms with Crippen LogP contribution in [0.2, 0.25) is 0 Å². The Morgan fingerprint density at radius 2 is 2.00 bits per heavy atom. The van der Waals surface area contributed by atoms with Crippen molar-refractivity contribution in [1.29, 1.82) is 0 Å². The molecule has 5 heteroatoms. The largest absolute Gasteiger partial charge is 0.467 e. The average Bonchev–Trinajstić information content (AvgIpc) is 3.19. The molecule has 118 valence electrons. The van der Waals surface area contributed by atoms with Gasteiger partial charge in [-0.05, 0) is 38.1 Å². The first kappa shape index (κ1) is 15.1. The van der Waals surface area contributed by atoms with Crippen molar-refractivity contribution in [3.05, 3.63) is 65.9 Å². The second-order valence-electron chi connectivity index (χ2n) is 5.37. The molecule has 1 N–H and O–H groups in total. The summed E-state index contributed by atoms with van der Waals surface area (Å²) < 4.78 is 11.0. The Labute approximate surface area is 134 Å². The number of rotatable bonds is 5. The number of hydrogen-bond acceptors (Lipinski definition) is 4. The van der Waals surface area contributed by atoms with Gasteiger partial charge in [0, 0.05) is 5.56 Å². The standard InChI is InChI=1S/C18H18N2O3/c1-12(16-9-6-10-22-16)19-17(21)11-15-13(2)23-18(20-15)14-7-4-3-5-8-14/h3-10,12H,11H2,1-2H3,(H,19,21)/t12-/m1/s1. The van der Waals surface area contributed by atoms with E-state index in [1.807, 2.05) is 50.2 Å². The van der Waals surface area contributed by atoms with Crippen molar-refractivity contribution in [2.24, 2.45) is 0 Å². The van der Waals surface area contributed by atoms with Gasteiger partial charge in [-0.15, -0.1) is 0 Å². The number of hydrogen-bond donors (Lipinski definition) is 1. The number of benzene rings is 1. The highest BCUT2D eigenvalue weighted by molar-refractivity contribution is 5.78. The van der Waals surface area contributed by atoms with Gasteiger partial charge in [-0.1, -0.05) is 18.2 Å². The highest BCUT2D eigenvalue weighted by Gasteiger charge is 2.17. The van der Waals surface area contributed by atoms with Gasteiger partial charge in [-0.2, -0.15) is 0 Å². The third-order valence-corrected chi connectivity index (χ3v) is 3.59. The molecule has 0 aliphatic carbocycles. The molecule has 0 aliphatic rings. The summed E-state index contributed by atoms with van der Waals surface area (Å²) in [6, 6.07) is 13.1. The number of carbonyl (C=O) groups is 1. The Balaban J connectivity index is 1.68. The quantitative estimate of drug-likeness (QED) is 0.781. The summed E-state index contributed by atoms with van der Waals surface area (Å²) in [6.45, 7) is 3.69. The zero-order valence-electron chi connectivity index (χ0n) is 13.1. The summed E-state index contributed by atoms with van der Waals surface area (Å²) in [5.74, 6) is 1.79. The van der Waals surface area contributed by atoms with E-state index in [1.165, 1.54) is 0 Å². The number of furan rings is 1. The summed E-state index contributed by atoms with van der Waals surface area (Å²) in [5.41, 5.74) is 1.54. The van der Waals surface area contributed by atoms with Crippen molar-refractivity contribution in [3.63, 3.8) is 0 Å². The molecule has 0 bridgehead atoms. The van der Waals surface area contributed by atoms with E-state index >= 15 is 0 Å². The maximum absolute atomic E-state index is 12.2. The smallest absolute Gasteiger partial charge is 0.226 e. The molecule has 5 nitrogen and oxygen atoms in total. The summed E-state index contributed by atoms with van der Waals surface area (Å²) in [4.78, 5) is 16.6. The number of aromatic nitrogens is 1. The molecule has 0 spiro atoms. The number of oxazole rings is 1. The maximum Gasteiger partial charge on any atom is 0.226 e. The van der Waals surface area contributed by atoms with Crippen LogP contribution in [0.1, 0.15) is 30.2 Å². The molecular weight excluding hydrogens is 292 g/mol. The van der Waals surface area contributed by atoms with Crippen molar-refractivity contribution in [3.8, 4) is 11.5 Å². The second-order valence-corrected chi connectivity index (χ2v) is 5.37. The molecule has 2 heterocycles. The molecule has 2 aromatic heterocycles. The summed E-state index contributed by atoms with van der Waals surface area (Å²) >= 11 is 0. The van der Waals surface area contributed by atoms with Crippen LogP contribution in [0.25, 0.3) is 11.5 Å². The van der Waals surface area contributed by atoms with Gasteiger partial charge in [0.1, 0.15) is 11.5 Å². The lowest BCUT2D eigenvalue weighted by atomic mass is 10.2. The molecule has 0 radical (unpaired) electrons. The Hall–Kier alpha value is -2.82. The third-order valence-electron chi connectivity index (χ3n) is 3.59. The molecule has 3 rings (SSSR count). The Morgan fingerprint density at radius 1 is 1.22 bits per heavy atom. The molecule has 23 heavy (non-hydrogen) atoms. The van der Waals surface area contributed by atoms with Crippen LogP contribution in [0.15, 0.2) is 57.6 Å². The van der Waals surface area contributed by atoms with Gasteiger partial charge in [0.05, 0.1) is 24.4 Å². The lowest BCUT2D eigenvalue weighted by Crippen LogP contribution is -2.28. The van der Waals surface area contributed by atoms with E-state index in [2.05, 4.69) is 10.3 Å². The zero-order chi connectivity index (χ0) is 16.2. The molecule has 3 aromatic rings. The number of aryl methyl sites for hydroxylation is 1. The molecule has 0 fully saturated rings. The number of amides is 1. The van der Waals surface area contributed by atoms with Crippen molar-refractivity contribution >= 4 is 5.91 Å². The van der Waals surface area contributed by atoms with E-state index in [0.717, 1.165) is 11.3 Å². The van der Waals surface area contributed by atoms with Crippen molar-refractivity contribution in [1.82, 2.24) is 10.3 Å². The van der Waals surface area contributed by atoms with Crippen LogP contribution < -0.4 is 5.32 Å². The van der Waals surface area contributed by atoms with Crippen molar-refractivity contribution < 1.29 is 13.6 Å². The molecule has 1 atom stereocenters. The van der Waals surface area contributed by atoms with Gasteiger partial charge in [-0.25, -0.2) is 4.98 Å². The Morgan fingerprint density at radius 3 is 2.70 bits per heavy atom. The van der Waals surface area contributed by atoms with Crippen LogP contribution in [-0.2, 0) is 11.2 Å². The minimum atomic E-state index is -0.182. The molecular formula is C18H18N2O3. The lowest BCUT2D eigenvalue weighted by molar-refractivity contribution is -0.121. The van der Waals surface area contributed by atoms with Crippen LogP contribution in [-0.4, -0.2) is 10.9 Å². The Kier molecular flexibility index (Phi) is 4.28. The van der Waals surface area contributed by atoms with Crippen LogP contribution in [0.4, 0.5) is 0 Å². The molecule has 0 saturated carbocycles. The fraction of sp³-hybridized carbons (Fsp3) is 0.222. The fourth-order valence-corrected chi connectivity index (χ4v) is 2.35. The first-order valence-corrected chi connectivity index (χ1v) is 7.48. The van der Waals surface area contributed by atoms with E-state index in [1.54, 1.807) is 12.3 Å². The first-order valence-electron chi connectivity index (χ1n) is 7.48. The zero-order valence-corrected chi connectivity index (χ0v) is 13.1. The van der Waals surface area contributed by atoms with Crippen LogP contribution in [0.5, 0.6) is 0 Å². The first-order chi connectivity index (χ1) is 11.1. The van der Waals surface area contributed by atoms with Gasteiger partial charge in [0.15, 0.2) is 0 Å². The van der Waals surface area contributed by atoms with E-state index in [0.29, 0.717) is 17.3 Å². The van der Waals surface area contributed by atoms with Gasteiger partial charge in [0.25, 0.3) is 0 Å². The normalized spacial score (nSPS) is 12.1. The average molecular weight is 310 g/mol. The highest BCUT2D eigenvalue weighted by atomic mass is 16.4. The van der Waals surface area contributed by atoms with E-state index in [9.17, 15) is 4.79 Å². The van der Waals surface area contributed by atoms with Gasteiger partial charge in [-0.3, -0.25) is 4.79 Å². The van der Waals surface area contributed by atoms with Crippen molar-refractivity contribution in [2.75, 3.05) is 0 Å². The number of carbonyl (C=O) groups excluding carboxylic acids is 1. The van der Waals surface area contributed by atoms with Gasteiger partial charge < -0.3 is 14.2 Å².